The Labute approximate surface area is 155 Å². The van der Waals surface area contributed by atoms with Crippen molar-refractivity contribution in [3.63, 3.8) is 0 Å². The summed E-state index contributed by atoms with van der Waals surface area (Å²) in [5, 5.41) is 2.96. The van der Waals surface area contributed by atoms with Gasteiger partial charge in [0.25, 0.3) is 0 Å². The van der Waals surface area contributed by atoms with Crippen LogP contribution in [0.2, 0.25) is 0 Å². The lowest BCUT2D eigenvalue weighted by Crippen LogP contribution is -2.45. The lowest BCUT2D eigenvalue weighted by molar-refractivity contribution is -0.117. The largest absolute Gasteiger partial charge is 0.348 e. The van der Waals surface area contributed by atoms with Gasteiger partial charge in [-0.15, -0.1) is 11.6 Å². The van der Waals surface area contributed by atoms with Crippen molar-refractivity contribution in [3.8, 4) is 0 Å². The SMILES string of the molecule is C=CC(=O)NC(CCl)C(C)(C)CCCCCCCCCCCCC. The molecule has 0 saturated carbocycles. The van der Waals surface area contributed by atoms with E-state index in [1.807, 2.05) is 0 Å². The van der Waals surface area contributed by atoms with Crippen molar-refractivity contribution in [1.29, 1.82) is 0 Å². The van der Waals surface area contributed by atoms with Gasteiger partial charge in [-0.2, -0.15) is 0 Å². The molecule has 0 bridgehead atoms. The van der Waals surface area contributed by atoms with Crippen molar-refractivity contribution in [2.24, 2.45) is 5.41 Å². The molecule has 1 unspecified atom stereocenters. The highest BCUT2D eigenvalue weighted by Gasteiger charge is 2.29. The smallest absolute Gasteiger partial charge is 0.243 e. The molecule has 0 aromatic heterocycles. The lowest BCUT2D eigenvalue weighted by atomic mass is 9.80. The van der Waals surface area contributed by atoms with E-state index in [9.17, 15) is 4.79 Å². The van der Waals surface area contributed by atoms with Gasteiger partial charge in [-0.25, -0.2) is 0 Å². The zero-order valence-electron chi connectivity index (χ0n) is 16.3. The van der Waals surface area contributed by atoms with Crippen LogP contribution in [0.25, 0.3) is 0 Å². The van der Waals surface area contributed by atoms with Crippen LogP contribution in [0.15, 0.2) is 12.7 Å². The number of halogens is 1. The molecule has 2 nitrogen and oxygen atoms in total. The van der Waals surface area contributed by atoms with Gasteiger partial charge in [0.2, 0.25) is 5.91 Å². The number of amides is 1. The summed E-state index contributed by atoms with van der Waals surface area (Å²) in [6.45, 7) is 10.2. The van der Waals surface area contributed by atoms with Crippen molar-refractivity contribution in [3.05, 3.63) is 12.7 Å². The Bertz CT molecular complexity index is 328. The number of alkyl halides is 1. The van der Waals surface area contributed by atoms with Crippen LogP contribution in [0.4, 0.5) is 0 Å². The minimum Gasteiger partial charge on any atom is -0.348 e. The zero-order chi connectivity index (χ0) is 18.3. The first-order chi connectivity index (χ1) is 11.5. The van der Waals surface area contributed by atoms with Crippen LogP contribution < -0.4 is 5.32 Å². The van der Waals surface area contributed by atoms with E-state index in [-0.39, 0.29) is 17.4 Å². The summed E-state index contributed by atoms with van der Waals surface area (Å²) in [7, 11) is 0. The minimum atomic E-state index is -0.132. The third-order valence-corrected chi connectivity index (χ3v) is 5.33. The topological polar surface area (TPSA) is 29.1 Å². The Morgan fingerprint density at radius 3 is 1.88 bits per heavy atom. The van der Waals surface area contributed by atoms with Gasteiger partial charge in [0.05, 0.1) is 0 Å². The third-order valence-electron chi connectivity index (χ3n) is 5.02. The average molecular weight is 358 g/mol. The van der Waals surface area contributed by atoms with Gasteiger partial charge < -0.3 is 5.32 Å². The van der Waals surface area contributed by atoms with Crippen LogP contribution in [0.3, 0.4) is 0 Å². The second-order valence-electron chi connectivity index (χ2n) is 7.69. The van der Waals surface area contributed by atoms with E-state index in [0.717, 1.165) is 6.42 Å². The van der Waals surface area contributed by atoms with Gasteiger partial charge in [-0.3, -0.25) is 4.79 Å². The Morgan fingerprint density at radius 1 is 1.00 bits per heavy atom. The average Bonchev–Trinajstić information content (AvgIpc) is 2.56. The molecule has 1 atom stereocenters. The van der Waals surface area contributed by atoms with Gasteiger partial charge in [0, 0.05) is 11.9 Å². The molecule has 3 heteroatoms. The molecular formula is C21H40ClNO. The predicted molar refractivity (Wildman–Crippen MR) is 108 cm³/mol. The molecular weight excluding hydrogens is 318 g/mol. The second-order valence-corrected chi connectivity index (χ2v) is 8.00. The van der Waals surface area contributed by atoms with E-state index in [1.165, 1.54) is 76.7 Å². The molecule has 0 saturated heterocycles. The molecule has 1 amide bonds. The summed E-state index contributed by atoms with van der Waals surface area (Å²) in [6.07, 6.45) is 17.3. The second kappa shape index (κ2) is 14.8. The molecule has 0 fully saturated rings. The molecule has 0 radical (unpaired) electrons. The highest BCUT2D eigenvalue weighted by molar-refractivity contribution is 6.18. The molecule has 0 heterocycles. The molecule has 24 heavy (non-hydrogen) atoms. The van der Waals surface area contributed by atoms with E-state index in [1.54, 1.807) is 0 Å². The van der Waals surface area contributed by atoms with Crippen molar-refractivity contribution in [2.75, 3.05) is 5.88 Å². The maximum Gasteiger partial charge on any atom is 0.243 e. The normalized spacial score (nSPS) is 12.8. The van der Waals surface area contributed by atoms with Gasteiger partial charge in [-0.05, 0) is 17.9 Å². The fraction of sp³-hybridized carbons (Fsp3) is 0.857. The molecule has 0 aromatic rings. The first kappa shape index (κ1) is 23.5. The molecule has 1 N–H and O–H groups in total. The van der Waals surface area contributed by atoms with Crippen molar-refractivity contribution >= 4 is 17.5 Å². The van der Waals surface area contributed by atoms with Crippen molar-refractivity contribution in [2.45, 2.75) is 104 Å². The fourth-order valence-corrected chi connectivity index (χ4v) is 3.59. The molecule has 0 aliphatic carbocycles. The van der Waals surface area contributed by atoms with E-state index in [0.29, 0.717) is 5.88 Å². The molecule has 0 aliphatic heterocycles. The van der Waals surface area contributed by atoms with E-state index in [4.69, 9.17) is 11.6 Å². The standard InChI is InChI=1S/C21H40ClNO/c1-5-7-8-9-10-11-12-13-14-15-16-17-21(3,4)19(18-22)23-20(24)6-2/h6,19H,2,5,7-18H2,1,3-4H3,(H,23,24). The lowest BCUT2D eigenvalue weighted by Gasteiger charge is -2.33. The van der Waals surface area contributed by atoms with Gasteiger partial charge in [-0.1, -0.05) is 98.0 Å². The predicted octanol–water partition coefficient (Wildman–Crippen LogP) is 6.62. The minimum absolute atomic E-state index is 0.00721. The molecule has 142 valence electrons. The van der Waals surface area contributed by atoms with E-state index >= 15 is 0 Å². The maximum absolute atomic E-state index is 11.5. The monoisotopic (exact) mass is 357 g/mol. The summed E-state index contributed by atoms with van der Waals surface area (Å²) in [6, 6.07) is 0.00721. The molecule has 0 spiro atoms. The summed E-state index contributed by atoms with van der Waals surface area (Å²) in [5.41, 5.74) is 0.0275. The van der Waals surface area contributed by atoms with Gasteiger partial charge in [0.15, 0.2) is 0 Å². The Hall–Kier alpha value is -0.500. The number of hydrogen-bond acceptors (Lipinski definition) is 1. The number of hydrogen-bond donors (Lipinski definition) is 1. The van der Waals surface area contributed by atoms with E-state index < -0.39 is 0 Å². The van der Waals surface area contributed by atoms with Gasteiger partial charge >= 0.3 is 0 Å². The van der Waals surface area contributed by atoms with Crippen LogP contribution in [-0.4, -0.2) is 17.8 Å². The van der Waals surface area contributed by atoms with Crippen molar-refractivity contribution in [1.82, 2.24) is 5.32 Å². The molecule has 0 aliphatic rings. The Balaban J connectivity index is 3.70. The first-order valence-electron chi connectivity index (χ1n) is 9.96. The van der Waals surface area contributed by atoms with Crippen LogP contribution in [-0.2, 0) is 4.79 Å². The van der Waals surface area contributed by atoms with Crippen LogP contribution in [0.5, 0.6) is 0 Å². The Kier molecular flexibility index (Phi) is 14.5. The maximum atomic E-state index is 11.5. The van der Waals surface area contributed by atoms with E-state index in [2.05, 4.69) is 32.7 Å². The zero-order valence-corrected chi connectivity index (χ0v) is 17.1. The number of carbonyl (C=O) groups is 1. The summed E-state index contributed by atoms with van der Waals surface area (Å²) in [5.74, 6) is 0.317. The highest BCUT2D eigenvalue weighted by Crippen LogP contribution is 2.29. The fourth-order valence-electron chi connectivity index (χ4n) is 3.09. The first-order valence-corrected chi connectivity index (χ1v) is 10.5. The van der Waals surface area contributed by atoms with Crippen LogP contribution in [0.1, 0.15) is 97.8 Å². The number of nitrogens with one attached hydrogen (secondary N) is 1. The summed E-state index contributed by atoms with van der Waals surface area (Å²) >= 11 is 6.05. The van der Waals surface area contributed by atoms with Crippen LogP contribution in [0, 0.1) is 5.41 Å². The molecule has 0 rings (SSSR count). The quantitative estimate of drug-likeness (QED) is 0.187. The number of unbranched alkanes of at least 4 members (excludes halogenated alkanes) is 10. The Morgan fingerprint density at radius 2 is 1.46 bits per heavy atom. The third kappa shape index (κ3) is 11.9. The number of rotatable bonds is 16. The molecule has 0 aromatic carbocycles. The summed E-state index contributed by atoms with van der Waals surface area (Å²) in [4.78, 5) is 11.5. The summed E-state index contributed by atoms with van der Waals surface area (Å²) < 4.78 is 0. The van der Waals surface area contributed by atoms with Gasteiger partial charge in [0.1, 0.15) is 0 Å². The number of carbonyl (C=O) groups excluding carboxylic acids is 1. The van der Waals surface area contributed by atoms with Crippen molar-refractivity contribution < 1.29 is 4.79 Å². The van der Waals surface area contributed by atoms with Crippen LogP contribution >= 0.6 is 11.6 Å². The highest BCUT2D eigenvalue weighted by atomic mass is 35.5.